The molecule has 23 heavy (non-hydrogen) atoms. The molecule has 0 atom stereocenters. The second kappa shape index (κ2) is 7.34. The molecule has 0 unspecified atom stereocenters. The molecule has 0 N–H and O–H groups in total. The number of rotatable bonds is 5. The van der Waals surface area contributed by atoms with E-state index >= 15 is 0 Å². The van der Waals surface area contributed by atoms with Crippen molar-refractivity contribution in [3.63, 3.8) is 0 Å². The van der Waals surface area contributed by atoms with Gasteiger partial charge >= 0.3 is 0 Å². The molecule has 7 heteroatoms. The van der Waals surface area contributed by atoms with Gasteiger partial charge in [-0.15, -0.1) is 10.2 Å². The van der Waals surface area contributed by atoms with Gasteiger partial charge in [-0.1, -0.05) is 41.0 Å². The van der Waals surface area contributed by atoms with Crippen LogP contribution < -0.4 is 0 Å². The number of halogens is 2. The van der Waals surface area contributed by atoms with E-state index in [9.17, 15) is 0 Å². The third kappa shape index (κ3) is 3.52. The van der Waals surface area contributed by atoms with Crippen LogP contribution in [0.1, 0.15) is 12.5 Å². The Labute approximate surface area is 148 Å². The summed E-state index contributed by atoms with van der Waals surface area (Å²) in [6, 6.07) is 9.39. The lowest BCUT2D eigenvalue weighted by Gasteiger charge is -2.08. The van der Waals surface area contributed by atoms with Crippen molar-refractivity contribution in [3.8, 4) is 11.4 Å². The molecule has 4 nitrogen and oxygen atoms in total. The fraction of sp³-hybridized carbons (Fsp3) is 0.188. The van der Waals surface area contributed by atoms with Crippen LogP contribution in [-0.2, 0) is 12.3 Å². The molecule has 1 aromatic carbocycles. The van der Waals surface area contributed by atoms with E-state index in [0.29, 0.717) is 15.8 Å². The van der Waals surface area contributed by atoms with E-state index in [-0.39, 0.29) is 0 Å². The highest BCUT2D eigenvalue weighted by Gasteiger charge is 2.14. The molecule has 2 aromatic heterocycles. The van der Waals surface area contributed by atoms with Gasteiger partial charge in [-0.25, -0.2) is 0 Å². The summed E-state index contributed by atoms with van der Waals surface area (Å²) in [5.41, 5.74) is 1.86. The van der Waals surface area contributed by atoms with E-state index in [1.807, 2.05) is 30.3 Å². The van der Waals surface area contributed by atoms with E-state index in [4.69, 9.17) is 23.2 Å². The Hall–Kier alpha value is -1.56. The predicted molar refractivity (Wildman–Crippen MR) is 95.0 cm³/mol. The quantitative estimate of drug-likeness (QED) is 0.600. The maximum atomic E-state index is 6.22. The van der Waals surface area contributed by atoms with Gasteiger partial charge < -0.3 is 4.57 Å². The molecule has 0 aliphatic heterocycles. The number of aromatic nitrogens is 4. The highest BCUT2D eigenvalue weighted by atomic mass is 35.5. The first kappa shape index (κ1) is 16.3. The van der Waals surface area contributed by atoms with Crippen LogP contribution in [-0.4, -0.2) is 19.7 Å². The zero-order chi connectivity index (χ0) is 16.2. The minimum absolute atomic E-state index is 0.643. The Morgan fingerprint density at radius 1 is 1.09 bits per heavy atom. The summed E-state index contributed by atoms with van der Waals surface area (Å²) in [5.74, 6) is 1.46. The normalized spacial score (nSPS) is 10.9. The molecule has 0 radical (unpaired) electrons. The van der Waals surface area contributed by atoms with Crippen molar-refractivity contribution in [1.29, 1.82) is 0 Å². The van der Waals surface area contributed by atoms with Gasteiger partial charge in [0.2, 0.25) is 0 Å². The fourth-order valence-corrected chi connectivity index (χ4v) is 3.94. The van der Waals surface area contributed by atoms with Crippen LogP contribution in [0.15, 0.2) is 47.9 Å². The number of nitrogens with zero attached hydrogens (tertiary/aromatic N) is 4. The van der Waals surface area contributed by atoms with Gasteiger partial charge in [-0.2, -0.15) is 0 Å². The highest BCUT2D eigenvalue weighted by molar-refractivity contribution is 7.98. The first-order chi connectivity index (χ1) is 11.2. The molecule has 3 rings (SSSR count). The summed E-state index contributed by atoms with van der Waals surface area (Å²) < 4.78 is 2.06. The molecule has 0 amide bonds. The first-order valence-corrected chi connectivity index (χ1v) is 8.84. The van der Waals surface area contributed by atoms with Crippen molar-refractivity contribution in [2.75, 3.05) is 0 Å². The predicted octanol–water partition coefficient (Wildman–Crippen LogP) is 4.96. The average molecular weight is 365 g/mol. The van der Waals surface area contributed by atoms with Gasteiger partial charge in [0.1, 0.15) is 0 Å². The molecule has 0 aliphatic rings. The molecule has 0 spiro atoms. The maximum Gasteiger partial charge on any atom is 0.191 e. The average Bonchev–Trinajstić information content (AvgIpc) is 2.98. The van der Waals surface area contributed by atoms with E-state index in [1.54, 1.807) is 24.2 Å². The van der Waals surface area contributed by atoms with Crippen LogP contribution in [0, 0.1) is 0 Å². The molecule has 0 bridgehead atoms. The molecular weight excluding hydrogens is 351 g/mol. The molecule has 118 valence electrons. The van der Waals surface area contributed by atoms with Gasteiger partial charge in [0.15, 0.2) is 11.0 Å². The van der Waals surface area contributed by atoms with Gasteiger partial charge in [0, 0.05) is 40.3 Å². The molecule has 3 aromatic rings. The second-order valence-corrected chi connectivity index (χ2v) is 6.54. The summed E-state index contributed by atoms with van der Waals surface area (Å²) in [6.07, 6.45) is 3.53. The largest absolute Gasteiger partial charge is 0.302 e. The van der Waals surface area contributed by atoms with Crippen molar-refractivity contribution in [1.82, 2.24) is 19.7 Å². The van der Waals surface area contributed by atoms with Gasteiger partial charge in [0.05, 0.1) is 0 Å². The highest BCUT2D eigenvalue weighted by Crippen LogP contribution is 2.32. The van der Waals surface area contributed by atoms with Crippen LogP contribution in [0.2, 0.25) is 10.0 Å². The lowest BCUT2D eigenvalue weighted by atomic mass is 10.2. The Balaban J connectivity index is 1.86. The molecule has 0 aliphatic carbocycles. The summed E-state index contributed by atoms with van der Waals surface area (Å²) in [4.78, 5) is 4.14. The topological polar surface area (TPSA) is 43.6 Å². The Morgan fingerprint density at radius 3 is 2.52 bits per heavy atom. The van der Waals surface area contributed by atoms with Crippen LogP contribution in [0.4, 0.5) is 0 Å². The molecule has 0 saturated heterocycles. The zero-order valence-corrected chi connectivity index (χ0v) is 14.7. The standard InChI is InChI=1S/C16H14Cl2N4S/c1-2-22-15(11-5-4-8-19-9-11)20-21-16(22)23-10-12-13(17)6-3-7-14(12)18/h3-9H,2,10H2,1H3. The summed E-state index contributed by atoms with van der Waals surface area (Å²) in [5, 5.41) is 10.8. The molecule has 0 saturated carbocycles. The minimum atomic E-state index is 0.643. The first-order valence-electron chi connectivity index (χ1n) is 7.10. The van der Waals surface area contributed by atoms with Gasteiger partial charge in [0.25, 0.3) is 0 Å². The van der Waals surface area contributed by atoms with Gasteiger partial charge in [-0.05, 0) is 36.8 Å². The Morgan fingerprint density at radius 2 is 1.87 bits per heavy atom. The number of thioether (sulfide) groups is 1. The van der Waals surface area contributed by atoms with Crippen molar-refractivity contribution in [2.24, 2.45) is 0 Å². The third-order valence-corrected chi connectivity index (χ3v) is 5.06. The molecular formula is C16H14Cl2N4S. The van der Waals surface area contributed by atoms with E-state index in [0.717, 1.165) is 28.7 Å². The third-order valence-electron chi connectivity index (χ3n) is 3.36. The Bertz CT molecular complexity index is 785. The zero-order valence-electron chi connectivity index (χ0n) is 12.4. The number of hydrogen-bond acceptors (Lipinski definition) is 4. The maximum absolute atomic E-state index is 6.22. The summed E-state index contributed by atoms with van der Waals surface area (Å²) >= 11 is 14.0. The molecule has 0 fully saturated rings. The van der Waals surface area contributed by atoms with Crippen LogP contribution in [0.5, 0.6) is 0 Å². The van der Waals surface area contributed by atoms with E-state index in [1.165, 1.54) is 0 Å². The Kier molecular flexibility index (Phi) is 5.20. The lowest BCUT2D eigenvalue weighted by molar-refractivity contribution is 0.687. The molecule has 2 heterocycles. The van der Waals surface area contributed by atoms with Gasteiger partial charge in [-0.3, -0.25) is 4.98 Å². The van der Waals surface area contributed by atoms with Crippen LogP contribution >= 0.6 is 35.0 Å². The number of hydrogen-bond donors (Lipinski definition) is 0. The van der Waals surface area contributed by atoms with Crippen LogP contribution in [0.3, 0.4) is 0 Å². The van der Waals surface area contributed by atoms with Crippen LogP contribution in [0.25, 0.3) is 11.4 Å². The van der Waals surface area contributed by atoms with Crippen molar-refractivity contribution >= 4 is 35.0 Å². The van der Waals surface area contributed by atoms with Crippen molar-refractivity contribution in [3.05, 3.63) is 58.3 Å². The second-order valence-electron chi connectivity index (χ2n) is 4.78. The fourth-order valence-electron chi connectivity index (χ4n) is 2.20. The monoisotopic (exact) mass is 364 g/mol. The number of pyridine rings is 1. The number of benzene rings is 1. The SMILES string of the molecule is CCn1c(SCc2c(Cl)cccc2Cl)nnc1-c1cccnc1. The van der Waals surface area contributed by atoms with Crippen molar-refractivity contribution < 1.29 is 0 Å². The van der Waals surface area contributed by atoms with Crippen molar-refractivity contribution in [2.45, 2.75) is 24.4 Å². The minimum Gasteiger partial charge on any atom is -0.302 e. The smallest absolute Gasteiger partial charge is 0.191 e. The summed E-state index contributed by atoms with van der Waals surface area (Å²) in [7, 11) is 0. The lowest BCUT2D eigenvalue weighted by Crippen LogP contribution is -2.00. The van der Waals surface area contributed by atoms with E-state index in [2.05, 4.69) is 26.7 Å². The van der Waals surface area contributed by atoms with E-state index < -0.39 is 0 Å². The summed E-state index contributed by atoms with van der Waals surface area (Å²) in [6.45, 7) is 2.84.